The van der Waals surface area contributed by atoms with Gasteiger partial charge in [-0.3, -0.25) is 10.1 Å². The molecule has 0 atom stereocenters. The number of benzene rings is 1. The molecule has 0 aliphatic heterocycles. The predicted molar refractivity (Wildman–Crippen MR) is 46.6 cm³/mol. The summed E-state index contributed by atoms with van der Waals surface area (Å²) in [6, 6.07) is 6.45. The number of halogens is 4. The minimum Gasteiger partial charge on any atom is -1.00 e. The summed E-state index contributed by atoms with van der Waals surface area (Å²) in [5, 5.41) is 10.2. The van der Waals surface area contributed by atoms with E-state index in [1.807, 2.05) is 0 Å². The van der Waals surface area contributed by atoms with Crippen molar-refractivity contribution in [3.05, 3.63) is 38.9 Å². The van der Waals surface area contributed by atoms with Crippen LogP contribution >= 0.6 is 15.9 Å². The first-order valence-electron chi connectivity index (χ1n) is 2.61. The third-order valence-corrected chi connectivity index (χ3v) is 1.72. The van der Waals surface area contributed by atoms with E-state index < -0.39 is 4.92 Å². The molecule has 0 saturated carbocycles. The quantitative estimate of drug-likeness (QED) is 0.291. The predicted octanol–water partition coefficient (Wildman–Crippen LogP) is -7.01. The molecular weight excluding hydrogens is 331 g/mol. The zero-order chi connectivity index (χ0) is 7.56. The van der Waals surface area contributed by atoms with E-state index >= 15 is 0 Å². The van der Waals surface area contributed by atoms with Gasteiger partial charge in [0.05, 0.1) is 9.40 Å². The molecule has 0 spiro atoms. The van der Waals surface area contributed by atoms with Gasteiger partial charge in [-0.15, -0.1) is 0 Å². The normalized spacial score (nSPS) is 6.64. The Balaban J connectivity index is -0.000000125. The van der Waals surface area contributed by atoms with Gasteiger partial charge in [0, 0.05) is 6.07 Å². The molecule has 0 saturated heterocycles. The molecule has 0 radical (unpaired) electrons. The molecule has 1 aromatic rings. The van der Waals surface area contributed by atoms with Gasteiger partial charge in [0.1, 0.15) is 0 Å². The second-order valence-corrected chi connectivity index (χ2v) is 2.56. The molecule has 0 unspecified atom stereocenters. The van der Waals surface area contributed by atoms with Gasteiger partial charge < -0.3 is 37.2 Å². The average molecular weight is 335 g/mol. The van der Waals surface area contributed by atoms with Gasteiger partial charge >= 0.3 is 17.4 Å². The van der Waals surface area contributed by atoms with E-state index in [9.17, 15) is 10.1 Å². The number of para-hydroxylation sites is 1. The molecule has 0 aliphatic carbocycles. The van der Waals surface area contributed by atoms with Crippen LogP contribution < -0.4 is 37.2 Å². The summed E-state index contributed by atoms with van der Waals surface area (Å²) in [5.41, 5.74) is 0.0995. The molecule has 0 N–H and O–H groups in total. The number of nitro benzene ring substituents is 1. The summed E-state index contributed by atoms with van der Waals surface area (Å²) < 4.78 is 0.514. The third kappa shape index (κ3) is 6.88. The second-order valence-electron chi connectivity index (χ2n) is 1.71. The summed E-state index contributed by atoms with van der Waals surface area (Å²) in [4.78, 5) is 9.77. The van der Waals surface area contributed by atoms with Gasteiger partial charge in [-0.25, -0.2) is 0 Å². The zero-order valence-electron chi connectivity index (χ0n) is 6.66. The maximum atomic E-state index is 10.2. The van der Waals surface area contributed by atoms with E-state index in [4.69, 9.17) is 0 Å². The van der Waals surface area contributed by atoms with Crippen molar-refractivity contribution in [3.63, 3.8) is 0 Å². The van der Waals surface area contributed by atoms with E-state index in [0.29, 0.717) is 4.47 Å². The first-order valence-corrected chi connectivity index (χ1v) is 3.40. The number of nitrogens with zero attached hydrogens (tertiary/aromatic N) is 1. The van der Waals surface area contributed by atoms with Crippen molar-refractivity contribution in [1.82, 2.24) is 0 Å². The molecule has 8 heteroatoms. The van der Waals surface area contributed by atoms with Gasteiger partial charge in [0.2, 0.25) is 0 Å². The van der Waals surface area contributed by atoms with Crippen molar-refractivity contribution >= 4 is 39.0 Å². The van der Waals surface area contributed by atoms with E-state index in [2.05, 4.69) is 15.9 Å². The standard InChI is InChI=1S/C6H4BrNO2.Al.3ClH/c7-5-3-1-2-4-6(5)8(9)10;;;;/h1-4H;;3*1H/q;+3;;;/p-3. The Kier molecular flexibility index (Phi) is 19.8. The minimum atomic E-state index is -0.427. The van der Waals surface area contributed by atoms with Gasteiger partial charge in [0.25, 0.3) is 5.69 Å². The molecular formula is C6H4AlBrCl3NO2. The molecule has 0 aromatic heterocycles. The Bertz CT molecular complexity index is 277. The van der Waals surface area contributed by atoms with Crippen LogP contribution in [0.3, 0.4) is 0 Å². The largest absolute Gasteiger partial charge is 3.00 e. The molecule has 1 aromatic carbocycles. The minimum absolute atomic E-state index is 0. The van der Waals surface area contributed by atoms with Crippen LogP contribution in [0, 0.1) is 10.1 Å². The van der Waals surface area contributed by atoms with Crippen molar-refractivity contribution in [1.29, 1.82) is 0 Å². The van der Waals surface area contributed by atoms with Crippen LogP contribution in [-0.4, -0.2) is 22.3 Å². The molecule has 76 valence electrons. The van der Waals surface area contributed by atoms with Crippen molar-refractivity contribution in [2.45, 2.75) is 0 Å². The second kappa shape index (κ2) is 11.6. The van der Waals surface area contributed by atoms with Gasteiger partial charge in [-0.05, 0) is 22.0 Å². The van der Waals surface area contributed by atoms with Crippen LogP contribution in [0.1, 0.15) is 0 Å². The molecule has 1 rings (SSSR count). The summed E-state index contributed by atoms with van der Waals surface area (Å²) in [7, 11) is 0. The molecule has 3 nitrogen and oxygen atoms in total. The van der Waals surface area contributed by atoms with E-state index in [0.717, 1.165) is 0 Å². The fourth-order valence-electron chi connectivity index (χ4n) is 0.600. The fourth-order valence-corrected chi connectivity index (χ4v) is 1.03. The Morgan fingerprint density at radius 3 is 1.86 bits per heavy atom. The van der Waals surface area contributed by atoms with E-state index in [-0.39, 0.29) is 60.3 Å². The average Bonchev–Trinajstić information content (AvgIpc) is 1.88. The number of rotatable bonds is 1. The van der Waals surface area contributed by atoms with Gasteiger partial charge in [-0.2, -0.15) is 0 Å². The monoisotopic (exact) mass is 333 g/mol. The molecule has 0 fully saturated rings. The summed E-state index contributed by atoms with van der Waals surface area (Å²) >= 11 is 3.06. The molecule has 14 heavy (non-hydrogen) atoms. The van der Waals surface area contributed by atoms with Crippen molar-refractivity contribution in [2.75, 3.05) is 0 Å². The van der Waals surface area contributed by atoms with Crippen molar-refractivity contribution in [3.8, 4) is 0 Å². The Labute approximate surface area is 119 Å². The third-order valence-electron chi connectivity index (χ3n) is 1.05. The van der Waals surface area contributed by atoms with Crippen LogP contribution in [0.2, 0.25) is 0 Å². The van der Waals surface area contributed by atoms with Gasteiger partial charge in [-0.1, -0.05) is 12.1 Å². The first kappa shape index (κ1) is 24.0. The van der Waals surface area contributed by atoms with Gasteiger partial charge in [0.15, 0.2) is 0 Å². The van der Waals surface area contributed by atoms with Crippen molar-refractivity contribution in [2.24, 2.45) is 0 Å². The zero-order valence-corrected chi connectivity index (χ0v) is 11.7. The summed E-state index contributed by atoms with van der Waals surface area (Å²) in [6.07, 6.45) is 0. The smallest absolute Gasteiger partial charge is 1.00 e. The SMILES string of the molecule is O=[N+]([O-])c1ccccc1Br.[Al+3].[Cl-].[Cl-].[Cl-]. The first-order chi connectivity index (χ1) is 4.72. The van der Waals surface area contributed by atoms with Crippen LogP contribution in [0.15, 0.2) is 28.7 Å². The Hall–Kier alpha value is 0.502. The Morgan fingerprint density at radius 1 is 1.14 bits per heavy atom. The maximum Gasteiger partial charge on any atom is 3.00 e. The van der Waals surface area contributed by atoms with E-state index in [1.165, 1.54) is 6.07 Å². The van der Waals surface area contributed by atoms with Crippen LogP contribution in [0.25, 0.3) is 0 Å². The molecule has 0 aliphatic rings. The molecule has 0 heterocycles. The topological polar surface area (TPSA) is 43.1 Å². The maximum absolute atomic E-state index is 10.2. The fraction of sp³-hybridized carbons (Fsp3) is 0. The van der Waals surface area contributed by atoms with E-state index in [1.54, 1.807) is 18.2 Å². The number of nitro groups is 1. The molecule has 0 amide bonds. The van der Waals surface area contributed by atoms with Crippen LogP contribution in [0.4, 0.5) is 5.69 Å². The van der Waals surface area contributed by atoms with Crippen molar-refractivity contribution < 1.29 is 42.1 Å². The number of hydrogen-bond acceptors (Lipinski definition) is 2. The molecule has 0 bridgehead atoms. The summed E-state index contributed by atoms with van der Waals surface area (Å²) in [5.74, 6) is 0. The van der Waals surface area contributed by atoms with Crippen LogP contribution in [0.5, 0.6) is 0 Å². The summed E-state index contributed by atoms with van der Waals surface area (Å²) in [6.45, 7) is 0. The number of hydrogen-bond donors (Lipinski definition) is 0. The Morgan fingerprint density at radius 2 is 1.57 bits per heavy atom. The van der Waals surface area contributed by atoms with Crippen LogP contribution in [-0.2, 0) is 0 Å².